The Morgan fingerprint density at radius 2 is 1.88 bits per heavy atom. The third-order valence-corrected chi connectivity index (χ3v) is 6.67. The molecule has 6 nitrogen and oxygen atoms in total. The molecule has 0 radical (unpaired) electrons. The standard InChI is InChI=1S/C16H20F3N3O3S/c17-16(18,19)12-3-1-4-14(11-12)26(24,25)21-9-5-13(6-10-21)22-8-2-7-20-15(22)23/h1,3-4,11,13H,2,5-10H2,(H-,20,23,24,25). The van der Waals surface area contributed by atoms with Crippen molar-refractivity contribution in [1.82, 2.24) is 14.5 Å². The normalized spacial score (nSPS) is 22.8. The molecule has 1 unspecified atom stereocenters. The lowest BCUT2D eigenvalue weighted by molar-refractivity contribution is -0.137. The van der Waals surface area contributed by atoms with Crippen LogP contribution >= 0.6 is 0 Å². The van der Waals surface area contributed by atoms with Gasteiger partial charge in [-0.3, -0.25) is 0 Å². The van der Waals surface area contributed by atoms with Gasteiger partial charge in [0.15, 0.2) is 15.3 Å². The number of hydrogen-bond acceptors (Lipinski definition) is 3. The van der Waals surface area contributed by atoms with E-state index in [9.17, 15) is 26.7 Å². The number of piperidine rings is 1. The summed E-state index contributed by atoms with van der Waals surface area (Å²) in [5.74, 6) is 0. The van der Waals surface area contributed by atoms with Gasteiger partial charge in [0.25, 0.3) is 0 Å². The average molecular weight is 391 g/mol. The van der Waals surface area contributed by atoms with Crippen molar-refractivity contribution >= 4 is 16.4 Å². The van der Waals surface area contributed by atoms with Gasteiger partial charge in [-0.2, -0.15) is 13.2 Å². The summed E-state index contributed by atoms with van der Waals surface area (Å²) in [5.41, 5.74) is -0.988. The second-order valence-electron chi connectivity index (χ2n) is 6.44. The molecular weight excluding hydrogens is 371 g/mol. The van der Waals surface area contributed by atoms with Gasteiger partial charge in [-0.15, -0.1) is 4.31 Å². The van der Waals surface area contributed by atoms with Crippen molar-refractivity contribution in [3.8, 4) is 0 Å². The van der Waals surface area contributed by atoms with Crippen molar-refractivity contribution in [3.05, 3.63) is 29.8 Å². The molecule has 10 heteroatoms. The zero-order valence-electron chi connectivity index (χ0n) is 14.0. The maximum Gasteiger partial charge on any atom is 0.416 e. The molecule has 2 aliphatic heterocycles. The molecule has 0 aliphatic carbocycles. The van der Waals surface area contributed by atoms with Crippen molar-refractivity contribution in [3.63, 3.8) is 0 Å². The van der Waals surface area contributed by atoms with Crippen LogP contribution in [0.1, 0.15) is 24.8 Å². The Morgan fingerprint density at radius 1 is 1.19 bits per heavy atom. The molecule has 1 N–H and O–H groups in total. The first-order valence-electron chi connectivity index (χ1n) is 8.41. The molecule has 0 aromatic heterocycles. The molecule has 2 fully saturated rings. The van der Waals surface area contributed by atoms with E-state index in [0.717, 1.165) is 18.6 Å². The first kappa shape index (κ1) is 19.1. The van der Waals surface area contributed by atoms with Crippen LogP contribution in [0.15, 0.2) is 29.2 Å². The lowest BCUT2D eigenvalue weighted by Crippen LogP contribution is -2.55. The van der Waals surface area contributed by atoms with E-state index >= 15 is 0 Å². The van der Waals surface area contributed by atoms with Gasteiger partial charge in [-0.25, -0.2) is 4.79 Å². The number of urea groups is 1. The lowest BCUT2D eigenvalue weighted by Gasteiger charge is -2.40. The van der Waals surface area contributed by atoms with E-state index in [1.807, 2.05) is 0 Å². The Kier molecular flexibility index (Phi) is 5.27. The highest BCUT2D eigenvalue weighted by molar-refractivity contribution is 7.95. The maximum absolute atomic E-state index is 12.8. The molecule has 2 aliphatic rings. The SMILES string of the molecule is O=C1NCCCN1C1CCN([S+](=O)([O-])c2cccc(C(F)(F)F)c2)CC1. The number of hydrogen-bond donors (Lipinski definition) is 1. The zero-order valence-corrected chi connectivity index (χ0v) is 14.8. The number of carbonyl (C=O) groups is 1. The Labute approximate surface area is 150 Å². The summed E-state index contributed by atoms with van der Waals surface area (Å²) < 4.78 is 65.1. The van der Waals surface area contributed by atoms with Crippen LogP contribution in [0.3, 0.4) is 0 Å². The van der Waals surface area contributed by atoms with Crippen LogP contribution in [0, 0.1) is 0 Å². The van der Waals surface area contributed by atoms with Gasteiger partial charge >= 0.3 is 12.2 Å². The molecule has 1 aromatic rings. The molecule has 0 bridgehead atoms. The van der Waals surface area contributed by atoms with E-state index in [-0.39, 0.29) is 30.1 Å². The molecule has 2 heterocycles. The van der Waals surface area contributed by atoms with Gasteiger partial charge in [-0.05, 0) is 31.4 Å². The summed E-state index contributed by atoms with van der Waals surface area (Å²) in [6.07, 6.45) is -2.83. The van der Waals surface area contributed by atoms with Gasteiger partial charge < -0.3 is 14.8 Å². The molecule has 26 heavy (non-hydrogen) atoms. The smallest absolute Gasteiger partial charge is 0.416 e. The summed E-state index contributed by atoms with van der Waals surface area (Å²) in [4.78, 5) is 13.3. The first-order chi connectivity index (χ1) is 12.2. The Bertz CT molecular complexity index is 720. The van der Waals surface area contributed by atoms with Gasteiger partial charge in [-0.1, -0.05) is 10.3 Å². The van der Waals surface area contributed by atoms with Crippen molar-refractivity contribution in [1.29, 1.82) is 0 Å². The van der Waals surface area contributed by atoms with Gasteiger partial charge in [0.1, 0.15) is 0 Å². The Balaban J connectivity index is 1.70. The molecule has 144 valence electrons. The largest absolute Gasteiger partial charge is 0.593 e. The summed E-state index contributed by atoms with van der Waals surface area (Å²) in [6.45, 7) is 1.62. The molecule has 2 saturated heterocycles. The molecular formula is C16H20F3N3O3S. The highest BCUT2D eigenvalue weighted by Crippen LogP contribution is 2.33. The van der Waals surface area contributed by atoms with Crippen LogP contribution in [0.2, 0.25) is 0 Å². The van der Waals surface area contributed by atoms with E-state index in [1.165, 1.54) is 10.4 Å². The summed E-state index contributed by atoms with van der Waals surface area (Å²) in [5, 5.41) is 2.77. The number of sulfonamides is 1. The fourth-order valence-electron chi connectivity index (χ4n) is 3.37. The maximum atomic E-state index is 12.8. The van der Waals surface area contributed by atoms with Gasteiger partial charge in [0, 0.05) is 38.3 Å². The minimum absolute atomic E-state index is 0.0525. The van der Waals surface area contributed by atoms with E-state index in [4.69, 9.17) is 0 Å². The molecule has 1 atom stereocenters. The van der Waals surface area contributed by atoms with E-state index < -0.39 is 22.1 Å². The lowest BCUT2D eigenvalue weighted by atomic mass is 10.0. The van der Waals surface area contributed by atoms with Crippen molar-refractivity contribution in [2.75, 3.05) is 26.2 Å². The fourth-order valence-corrected chi connectivity index (χ4v) is 4.89. The van der Waals surface area contributed by atoms with Crippen molar-refractivity contribution in [2.24, 2.45) is 0 Å². The summed E-state index contributed by atoms with van der Waals surface area (Å²) in [6, 6.07) is 3.59. The van der Waals surface area contributed by atoms with E-state index in [1.54, 1.807) is 4.90 Å². The van der Waals surface area contributed by atoms with Crippen molar-refractivity contribution < 1.29 is 26.7 Å². The molecule has 3 rings (SSSR count). The van der Waals surface area contributed by atoms with Crippen molar-refractivity contribution in [2.45, 2.75) is 36.4 Å². The number of rotatable bonds is 3. The number of amides is 2. The van der Waals surface area contributed by atoms with Crippen LogP contribution in [0.5, 0.6) is 0 Å². The second kappa shape index (κ2) is 7.16. The number of halogens is 3. The highest BCUT2D eigenvalue weighted by Gasteiger charge is 2.39. The molecule has 0 spiro atoms. The number of benzene rings is 1. The minimum atomic E-state index is -4.60. The van der Waals surface area contributed by atoms with Crippen LogP contribution < -0.4 is 5.32 Å². The third kappa shape index (κ3) is 3.86. The van der Waals surface area contributed by atoms with Crippen LogP contribution in [-0.2, 0) is 20.8 Å². The van der Waals surface area contributed by atoms with Crippen LogP contribution in [-0.4, -0.2) is 52.0 Å². The Hall–Kier alpha value is -1.65. The first-order valence-corrected chi connectivity index (χ1v) is 9.85. The predicted molar refractivity (Wildman–Crippen MR) is 87.9 cm³/mol. The molecule has 0 saturated carbocycles. The molecule has 2 amide bonds. The zero-order chi connectivity index (χ0) is 18.9. The minimum Gasteiger partial charge on any atom is -0.593 e. The fraction of sp³-hybridized carbons (Fsp3) is 0.562. The van der Waals surface area contributed by atoms with Crippen LogP contribution in [0.25, 0.3) is 0 Å². The van der Waals surface area contributed by atoms with E-state index in [0.29, 0.717) is 32.0 Å². The summed E-state index contributed by atoms with van der Waals surface area (Å²) >= 11 is 0. The number of alkyl halides is 3. The third-order valence-electron chi connectivity index (χ3n) is 4.78. The monoisotopic (exact) mass is 391 g/mol. The highest BCUT2D eigenvalue weighted by atomic mass is 32.3. The number of carbonyl (C=O) groups excluding carboxylic acids is 1. The summed E-state index contributed by atoms with van der Waals surface area (Å²) in [7, 11) is -4.00. The van der Waals surface area contributed by atoms with Gasteiger partial charge in [0.05, 0.1) is 5.56 Å². The Morgan fingerprint density at radius 3 is 2.50 bits per heavy atom. The predicted octanol–water partition coefficient (Wildman–Crippen LogP) is 2.49. The topological polar surface area (TPSA) is 75.7 Å². The number of nitrogens with one attached hydrogen (secondary N) is 1. The van der Waals surface area contributed by atoms with Gasteiger partial charge in [0.2, 0.25) is 0 Å². The average Bonchev–Trinajstić information content (AvgIpc) is 2.62. The quantitative estimate of drug-likeness (QED) is 0.805. The molecule has 1 aromatic carbocycles. The second-order valence-corrected chi connectivity index (χ2v) is 8.38. The van der Waals surface area contributed by atoms with Crippen LogP contribution in [0.4, 0.5) is 18.0 Å². The number of nitrogens with zero attached hydrogens (tertiary/aromatic N) is 2. The van der Waals surface area contributed by atoms with E-state index in [2.05, 4.69) is 5.32 Å².